The van der Waals surface area contributed by atoms with Gasteiger partial charge in [0.05, 0.1) is 0 Å². The van der Waals surface area contributed by atoms with E-state index in [2.05, 4.69) is 15.6 Å². The number of hydrogen-bond acceptors (Lipinski definition) is 4. The summed E-state index contributed by atoms with van der Waals surface area (Å²) in [6.07, 6.45) is 3.76. The van der Waals surface area contributed by atoms with Crippen LogP contribution < -0.4 is 10.6 Å². The molecule has 2 heterocycles. The average molecular weight is 463 g/mol. The fraction of sp³-hybridized carbons (Fsp3) is 0.346. The number of benzene rings is 2. The summed E-state index contributed by atoms with van der Waals surface area (Å²) in [7, 11) is 0. The number of nitrogens with zero attached hydrogens (tertiary/aromatic N) is 1. The van der Waals surface area contributed by atoms with E-state index in [1.165, 1.54) is 0 Å². The number of nitrogens with one attached hydrogen (secondary N) is 3. The molecule has 1 aliphatic heterocycles. The van der Waals surface area contributed by atoms with Crippen molar-refractivity contribution in [2.75, 3.05) is 19.6 Å². The van der Waals surface area contributed by atoms with Crippen LogP contribution in [-0.2, 0) is 27.4 Å². The number of aromatic amines is 1. The van der Waals surface area contributed by atoms with Crippen molar-refractivity contribution in [2.24, 2.45) is 0 Å². The lowest BCUT2D eigenvalue weighted by Crippen LogP contribution is -2.48. The minimum Gasteiger partial charge on any atom is -0.445 e. The minimum atomic E-state index is -0.843. The number of aromatic nitrogens is 1. The van der Waals surface area contributed by atoms with Crippen molar-refractivity contribution in [3.63, 3.8) is 0 Å². The standard InChI is InChI=1S/C26H30N4O4/c31-24(30-14-6-7-15-30)12-13-27-25(32)23(16-20-17-28-22-11-5-4-10-21(20)22)29-26(33)34-18-19-8-2-1-3-9-19/h1-5,8-11,17,23,28H,6-7,12-16,18H2,(H,27,32)(H,29,33)/t23-/m0/s1. The van der Waals surface area contributed by atoms with E-state index in [0.717, 1.165) is 48.0 Å². The van der Waals surface area contributed by atoms with Crippen LogP contribution in [0.4, 0.5) is 4.79 Å². The van der Waals surface area contributed by atoms with Gasteiger partial charge in [0.15, 0.2) is 0 Å². The maximum Gasteiger partial charge on any atom is 0.408 e. The van der Waals surface area contributed by atoms with Gasteiger partial charge in [-0.3, -0.25) is 9.59 Å². The van der Waals surface area contributed by atoms with Gasteiger partial charge >= 0.3 is 6.09 Å². The van der Waals surface area contributed by atoms with Crippen molar-refractivity contribution in [3.05, 3.63) is 71.9 Å². The number of ether oxygens (including phenoxy) is 1. The maximum atomic E-state index is 13.0. The Hall–Kier alpha value is -3.81. The molecule has 0 bridgehead atoms. The lowest BCUT2D eigenvalue weighted by molar-refractivity contribution is -0.130. The van der Waals surface area contributed by atoms with E-state index in [1.54, 1.807) is 0 Å². The number of alkyl carbamates (subject to hydrolysis) is 1. The number of H-pyrrole nitrogens is 1. The molecule has 8 nitrogen and oxygen atoms in total. The van der Waals surface area contributed by atoms with E-state index in [0.29, 0.717) is 0 Å². The molecule has 3 N–H and O–H groups in total. The summed E-state index contributed by atoms with van der Waals surface area (Å²) in [6.45, 7) is 1.90. The first-order chi connectivity index (χ1) is 16.6. The molecule has 1 saturated heterocycles. The number of carbonyl (C=O) groups excluding carboxylic acids is 3. The summed E-state index contributed by atoms with van der Waals surface area (Å²) < 4.78 is 5.33. The van der Waals surface area contributed by atoms with Crippen LogP contribution in [0.2, 0.25) is 0 Å². The highest BCUT2D eigenvalue weighted by molar-refractivity contribution is 5.88. The van der Waals surface area contributed by atoms with E-state index in [-0.39, 0.29) is 37.8 Å². The molecule has 178 valence electrons. The van der Waals surface area contributed by atoms with E-state index in [1.807, 2.05) is 65.7 Å². The van der Waals surface area contributed by atoms with Crippen molar-refractivity contribution in [2.45, 2.75) is 38.3 Å². The Balaban J connectivity index is 1.38. The molecule has 4 rings (SSSR count). The molecule has 0 unspecified atom stereocenters. The Labute approximate surface area is 198 Å². The van der Waals surface area contributed by atoms with Gasteiger partial charge in [-0.2, -0.15) is 0 Å². The van der Waals surface area contributed by atoms with Crippen LogP contribution in [-0.4, -0.2) is 53.5 Å². The number of rotatable bonds is 9. The van der Waals surface area contributed by atoms with E-state index in [9.17, 15) is 14.4 Å². The van der Waals surface area contributed by atoms with Crippen LogP contribution in [0.5, 0.6) is 0 Å². The highest BCUT2D eigenvalue weighted by Crippen LogP contribution is 2.19. The second-order valence-electron chi connectivity index (χ2n) is 8.45. The second-order valence-corrected chi connectivity index (χ2v) is 8.45. The van der Waals surface area contributed by atoms with Crippen molar-refractivity contribution >= 4 is 28.8 Å². The van der Waals surface area contributed by atoms with Crippen LogP contribution in [0, 0.1) is 0 Å². The Morgan fingerprint density at radius 3 is 2.53 bits per heavy atom. The molecule has 1 atom stereocenters. The largest absolute Gasteiger partial charge is 0.445 e. The Kier molecular flexibility index (Phi) is 7.80. The molecular formula is C26H30N4O4. The number of hydrogen-bond donors (Lipinski definition) is 3. The molecule has 0 radical (unpaired) electrons. The van der Waals surface area contributed by atoms with Crippen molar-refractivity contribution < 1.29 is 19.1 Å². The smallest absolute Gasteiger partial charge is 0.408 e. The third-order valence-corrected chi connectivity index (χ3v) is 6.02. The number of fused-ring (bicyclic) bond motifs is 1. The fourth-order valence-electron chi connectivity index (χ4n) is 4.18. The Morgan fingerprint density at radius 2 is 1.74 bits per heavy atom. The minimum absolute atomic E-state index is 0.0428. The topological polar surface area (TPSA) is 104 Å². The molecule has 3 aromatic rings. The SMILES string of the molecule is O=C(N[C@@H](Cc1c[nH]c2ccccc12)C(=O)NCCC(=O)N1CCCC1)OCc1ccccc1. The van der Waals surface area contributed by atoms with Gasteiger partial charge in [0.25, 0.3) is 0 Å². The zero-order chi connectivity index (χ0) is 23.8. The normalized spacial score (nSPS) is 14.1. The molecule has 3 amide bonds. The lowest BCUT2D eigenvalue weighted by atomic mass is 10.0. The Morgan fingerprint density at radius 1 is 1.00 bits per heavy atom. The summed E-state index contributed by atoms with van der Waals surface area (Å²) in [5.41, 5.74) is 2.72. The van der Waals surface area contributed by atoms with Crippen LogP contribution in [0.3, 0.4) is 0 Å². The number of carbonyl (C=O) groups is 3. The molecular weight excluding hydrogens is 432 g/mol. The molecule has 0 spiro atoms. The fourth-order valence-corrected chi connectivity index (χ4v) is 4.18. The highest BCUT2D eigenvalue weighted by Gasteiger charge is 2.24. The van der Waals surface area contributed by atoms with Crippen LogP contribution in [0.25, 0.3) is 10.9 Å². The number of amides is 3. The van der Waals surface area contributed by atoms with Gasteiger partial charge in [0.1, 0.15) is 12.6 Å². The summed E-state index contributed by atoms with van der Waals surface area (Å²) >= 11 is 0. The van der Waals surface area contributed by atoms with E-state index >= 15 is 0 Å². The third kappa shape index (κ3) is 6.15. The van der Waals surface area contributed by atoms with Gasteiger partial charge in [-0.1, -0.05) is 48.5 Å². The quantitative estimate of drug-likeness (QED) is 0.455. The van der Waals surface area contributed by atoms with E-state index in [4.69, 9.17) is 4.74 Å². The monoisotopic (exact) mass is 462 g/mol. The maximum absolute atomic E-state index is 13.0. The molecule has 1 fully saturated rings. The van der Waals surface area contributed by atoms with Gasteiger partial charge in [0, 0.05) is 49.6 Å². The molecule has 1 aromatic heterocycles. The van der Waals surface area contributed by atoms with Crippen molar-refractivity contribution in [1.29, 1.82) is 0 Å². The first-order valence-corrected chi connectivity index (χ1v) is 11.7. The number of likely N-dealkylation sites (tertiary alicyclic amines) is 1. The summed E-state index contributed by atoms with van der Waals surface area (Å²) in [5, 5.41) is 6.50. The van der Waals surface area contributed by atoms with Crippen LogP contribution in [0.1, 0.15) is 30.4 Å². The molecule has 0 aliphatic carbocycles. The third-order valence-electron chi connectivity index (χ3n) is 6.02. The lowest BCUT2D eigenvalue weighted by Gasteiger charge is -2.19. The first kappa shape index (κ1) is 23.4. The van der Waals surface area contributed by atoms with Gasteiger partial charge < -0.3 is 25.3 Å². The van der Waals surface area contributed by atoms with Crippen molar-refractivity contribution in [1.82, 2.24) is 20.5 Å². The molecule has 8 heteroatoms. The van der Waals surface area contributed by atoms with Gasteiger partial charge in [-0.25, -0.2) is 4.79 Å². The van der Waals surface area contributed by atoms with E-state index < -0.39 is 12.1 Å². The number of para-hydroxylation sites is 1. The van der Waals surface area contributed by atoms with Gasteiger partial charge in [0.2, 0.25) is 11.8 Å². The molecule has 2 aromatic carbocycles. The Bertz CT molecular complexity index is 1120. The zero-order valence-electron chi connectivity index (χ0n) is 19.1. The second kappa shape index (κ2) is 11.4. The summed E-state index contributed by atoms with van der Waals surface area (Å²) in [5.74, 6) is -0.308. The molecule has 34 heavy (non-hydrogen) atoms. The molecule has 1 aliphatic rings. The zero-order valence-corrected chi connectivity index (χ0v) is 19.1. The summed E-state index contributed by atoms with van der Waals surface area (Å²) in [6, 6.07) is 16.3. The molecule has 0 saturated carbocycles. The van der Waals surface area contributed by atoms with Gasteiger partial charge in [-0.05, 0) is 30.0 Å². The van der Waals surface area contributed by atoms with Crippen LogP contribution >= 0.6 is 0 Å². The predicted octanol–water partition coefficient (Wildman–Crippen LogP) is 3.13. The van der Waals surface area contributed by atoms with Gasteiger partial charge in [-0.15, -0.1) is 0 Å². The highest BCUT2D eigenvalue weighted by atomic mass is 16.5. The van der Waals surface area contributed by atoms with Crippen LogP contribution in [0.15, 0.2) is 60.8 Å². The first-order valence-electron chi connectivity index (χ1n) is 11.7. The average Bonchev–Trinajstić information content (AvgIpc) is 3.54. The summed E-state index contributed by atoms with van der Waals surface area (Å²) in [4.78, 5) is 42.8. The van der Waals surface area contributed by atoms with Crippen molar-refractivity contribution in [3.8, 4) is 0 Å². The predicted molar refractivity (Wildman–Crippen MR) is 129 cm³/mol.